The second kappa shape index (κ2) is 11.2. The predicted molar refractivity (Wildman–Crippen MR) is 152 cm³/mol. The van der Waals surface area contributed by atoms with Crippen molar-refractivity contribution in [3.05, 3.63) is 41.5 Å². The number of carbonyl (C=O) groups is 3. The van der Waals surface area contributed by atoms with E-state index in [1.54, 1.807) is 9.96 Å². The van der Waals surface area contributed by atoms with Crippen molar-refractivity contribution in [1.29, 1.82) is 0 Å². The fourth-order valence-electron chi connectivity index (χ4n) is 8.43. The first-order valence-corrected chi connectivity index (χ1v) is 16.0. The van der Waals surface area contributed by atoms with Gasteiger partial charge in [0.2, 0.25) is 11.8 Å². The van der Waals surface area contributed by atoms with Gasteiger partial charge in [-0.15, -0.1) is 0 Å². The Bertz CT molecular complexity index is 1340. The van der Waals surface area contributed by atoms with E-state index in [1.807, 2.05) is 24.3 Å². The highest BCUT2D eigenvalue weighted by atomic mass is 16.8. The minimum atomic E-state index is -1.29. The van der Waals surface area contributed by atoms with E-state index in [4.69, 9.17) is 23.8 Å². The van der Waals surface area contributed by atoms with Crippen LogP contribution in [0, 0.1) is 11.3 Å². The number of allylic oxidation sites excluding steroid dienone is 1. The number of aliphatic hydroxyl groups excluding tert-OH is 1. The third-order valence-corrected chi connectivity index (χ3v) is 10.6. The average Bonchev–Trinajstić information content (AvgIpc) is 3.35. The lowest BCUT2D eigenvalue weighted by Crippen LogP contribution is -2.70. The summed E-state index contributed by atoms with van der Waals surface area (Å²) in [7, 11) is 0. The van der Waals surface area contributed by atoms with Gasteiger partial charge < -0.3 is 34.3 Å². The van der Waals surface area contributed by atoms with Crippen LogP contribution in [0.2, 0.25) is 0 Å². The molecule has 12 heteroatoms. The highest BCUT2D eigenvalue weighted by Crippen LogP contribution is 2.56. The van der Waals surface area contributed by atoms with Crippen molar-refractivity contribution in [2.45, 2.75) is 93.8 Å². The van der Waals surface area contributed by atoms with Gasteiger partial charge in [-0.1, -0.05) is 36.4 Å². The number of carbonyl (C=O) groups excluding carboxylic acids is 3. The number of aliphatic hydroxyl groups is 1. The largest absolute Gasteiger partial charge is 0.458 e. The van der Waals surface area contributed by atoms with Gasteiger partial charge in [0.05, 0.1) is 25.4 Å². The minimum Gasteiger partial charge on any atom is -0.458 e. The fourth-order valence-corrected chi connectivity index (χ4v) is 8.43. The van der Waals surface area contributed by atoms with Crippen molar-refractivity contribution in [2.75, 3.05) is 26.5 Å². The van der Waals surface area contributed by atoms with E-state index in [0.717, 1.165) is 30.4 Å². The summed E-state index contributed by atoms with van der Waals surface area (Å²) in [5.74, 6) is -0.590. The van der Waals surface area contributed by atoms with Crippen LogP contribution in [-0.2, 0) is 44.7 Å². The molecule has 2 bridgehead atoms. The number of rotatable bonds is 8. The smallest absolute Gasteiger partial charge is 0.327 e. The Morgan fingerprint density at radius 3 is 2.73 bits per heavy atom. The maximum absolute atomic E-state index is 14.7. The van der Waals surface area contributed by atoms with Gasteiger partial charge in [0.15, 0.2) is 6.04 Å². The number of hydrogen-bond donors (Lipinski definition) is 2. The van der Waals surface area contributed by atoms with Crippen molar-refractivity contribution in [2.24, 2.45) is 11.3 Å². The quantitative estimate of drug-likeness (QED) is 0.323. The topological polar surface area (TPSA) is 139 Å². The lowest BCUT2D eigenvalue weighted by atomic mass is 9.62. The molecule has 2 amide bonds. The monoisotopic (exact) mass is 609 g/mol. The lowest BCUT2D eigenvalue weighted by molar-refractivity contribution is -0.204. The van der Waals surface area contributed by atoms with Crippen LogP contribution >= 0.6 is 0 Å². The van der Waals surface area contributed by atoms with E-state index < -0.39 is 47.9 Å². The summed E-state index contributed by atoms with van der Waals surface area (Å²) in [6.45, 7) is 0.608. The van der Waals surface area contributed by atoms with E-state index in [2.05, 4.69) is 17.5 Å². The SMILES string of the molecule is O=C(NCCO)[C@H]1CCCN1C(=O)[C@@]12C[C@H]3OC(=O)[C@@H]1N(Cc1ccc(C=CC4CCC5OC5C4)cc1)O[C@@H]2[C@H]1OCO[C@H]13. The summed E-state index contributed by atoms with van der Waals surface area (Å²) in [5.41, 5.74) is 0.726. The van der Waals surface area contributed by atoms with E-state index in [9.17, 15) is 19.5 Å². The van der Waals surface area contributed by atoms with Gasteiger partial charge in [-0.3, -0.25) is 19.2 Å². The number of nitrogens with one attached hydrogen (secondary N) is 1. The molecule has 3 unspecified atom stereocenters. The zero-order valence-electron chi connectivity index (χ0n) is 24.5. The molecule has 44 heavy (non-hydrogen) atoms. The molecule has 1 aromatic rings. The summed E-state index contributed by atoms with van der Waals surface area (Å²) in [6, 6.07) is 6.44. The van der Waals surface area contributed by atoms with Gasteiger partial charge >= 0.3 is 5.97 Å². The molecule has 10 atom stereocenters. The van der Waals surface area contributed by atoms with Crippen molar-refractivity contribution >= 4 is 23.9 Å². The molecule has 5 heterocycles. The van der Waals surface area contributed by atoms with Crippen molar-refractivity contribution in [1.82, 2.24) is 15.3 Å². The normalized spacial score (nSPS) is 40.5. The Labute approximate surface area is 255 Å². The molecule has 7 fully saturated rings. The summed E-state index contributed by atoms with van der Waals surface area (Å²) >= 11 is 0. The molecule has 8 rings (SSSR count). The molecular weight excluding hydrogens is 570 g/mol. The minimum absolute atomic E-state index is 0.0260. The number of epoxide rings is 1. The molecule has 0 radical (unpaired) electrons. The van der Waals surface area contributed by atoms with Gasteiger partial charge in [0, 0.05) is 19.5 Å². The van der Waals surface area contributed by atoms with Gasteiger partial charge in [-0.25, -0.2) is 0 Å². The molecule has 0 aromatic heterocycles. The molecule has 1 aromatic carbocycles. The van der Waals surface area contributed by atoms with Crippen LogP contribution in [0.1, 0.15) is 49.7 Å². The molecule has 5 saturated heterocycles. The van der Waals surface area contributed by atoms with Gasteiger partial charge in [0.1, 0.15) is 42.7 Å². The summed E-state index contributed by atoms with van der Waals surface area (Å²) in [4.78, 5) is 49.5. The molecule has 2 N–H and O–H groups in total. The fraction of sp³-hybridized carbons (Fsp3) is 0.656. The summed E-state index contributed by atoms with van der Waals surface area (Å²) in [6.07, 6.45) is 7.62. The Morgan fingerprint density at radius 2 is 1.91 bits per heavy atom. The maximum atomic E-state index is 14.7. The molecule has 2 saturated carbocycles. The van der Waals surface area contributed by atoms with E-state index >= 15 is 0 Å². The van der Waals surface area contributed by atoms with Gasteiger partial charge in [0.25, 0.3) is 0 Å². The summed E-state index contributed by atoms with van der Waals surface area (Å²) < 4.78 is 23.3. The van der Waals surface area contributed by atoms with E-state index in [1.165, 1.54) is 0 Å². The number of likely N-dealkylation sites (tertiary alicyclic amines) is 1. The molecule has 12 nitrogen and oxygen atoms in total. The van der Waals surface area contributed by atoms with Crippen LogP contribution in [-0.4, -0.2) is 108 Å². The standard InChI is InChI=1S/C32H39N3O9/c36-13-11-33-29(37)21-2-1-12-34(21)31(39)32-15-24-25-26(41-17-40-25)28(32)44-35(27(32)30(38)43-24)16-20-7-4-18(5-8-20)3-6-19-9-10-22-23(14-19)42-22/h3-8,19,21-28,36H,1-2,9-17H2,(H,33,37)/t19?,21-,22?,23?,24-,25+,26+,27+,28-,32+/m1/s1. The summed E-state index contributed by atoms with van der Waals surface area (Å²) in [5, 5.41) is 13.5. The van der Waals surface area contributed by atoms with Crippen molar-refractivity contribution < 1.29 is 43.3 Å². The van der Waals surface area contributed by atoms with Crippen LogP contribution in [0.15, 0.2) is 30.3 Å². The highest BCUT2D eigenvalue weighted by molar-refractivity contribution is 5.96. The Kier molecular flexibility index (Phi) is 7.27. The number of amides is 2. The lowest BCUT2D eigenvalue weighted by Gasteiger charge is -2.50. The number of nitrogens with zero attached hydrogens (tertiary/aromatic N) is 2. The maximum Gasteiger partial charge on any atom is 0.327 e. The number of benzene rings is 1. The molecule has 7 aliphatic rings. The zero-order chi connectivity index (χ0) is 30.0. The first kappa shape index (κ1) is 28.6. The van der Waals surface area contributed by atoms with Gasteiger partial charge in [-0.2, -0.15) is 5.06 Å². The number of ether oxygens (including phenoxy) is 4. The second-order valence-corrected chi connectivity index (χ2v) is 13.2. The molecule has 2 aliphatic carbocycles. The predicted octanol–water partition coefficient (Wildman–Crippen LogP) is 0.908. The van der Waals surface area contributed by atoms with Crippen LogP contribution in [0.5, 0.6) is 0 Å². The molecule has 0 spiro atoms. The number of esters is 1. The number of hydroxylamine groups is 2. The van der Waals surface area contributed by atoms with Crippen LogP contribution in [0.3, 0.4) is 0 Å². The molecule has 236 valence electrons. The third kappa shape index (κ3) is 4.69. The van der Waals surface area contributed by atoms with Crippen molar-refractivity contribution in [3.8, 4) is 0 Å². The van der Waals surface area contributed by atoms with Crippen LogP contribution in [0.25, 0.3) is 6.08 Å². The zero-order valence-corrected chi connectivity index (χ0v) is 24.5. The van der Waals surface area contributed by atoms with E-state index in [-0.39, 0.29) is 44.7 Å². The van der Waals surface area contributed by atoms with Crippen molar-refractivity contribution in [3.63, 3.8) is 0 Å². The first-order chi connectivity index (χ1) is 21.5. The number of hydrogen-bond acceptors (Lipinski definition) is 10. The van der Waals surface area contributed by atoms with Crippen LogP contribution in [0.4, 0.5) is 0 Å². The molecular formula is C32H39N3O9. The van der Waals surface area contributed by atoms with Gasteiger partial charge in [-0.05, 0) is 49.1 Å². The Morgan fingerprint density at radius 1 is 1.07 bits per heavy atom. The molecule has 5 aliphatic heterocycles. The van der Waals surface area contributed by atoms with E-state index in [0.29, 0.717) is 37.5 Å². The Hall–Kier alpha value is -2.87. The van der Waals surface area contributed by atoms with Crippen LogP contribution < -0.4 is 5.32 Å². The third-order valence-electron chi connectivity index (χ3n) is 10.6. The first-order valence-electron chi connectivity index (χ1n) is 16.0. The number of fused-ring (bicyclic) bond motifs is 5. The second-order valence-electron chi connectivity index (χ2n) is 13.2. The highest BCUT2D eigenvalue weighted by Gasteiger charge is 2.75. The Balaban J connectivity index is 1.05. The average molecular weight is 610 g/mol.